The maximum Gasteiger partial charge on any atom is 0.320 e. The fourth-order valence-electron chi connectivity index (χ4n) is 0.343. The van der Waals surface area contributed by atoms with Crippen molar-refractivity contribution in [3.05, 3.63) is 6.92 Å². The van der Waals surface area contributed by atoms with Gasteiger partial charge >= 0.3 is 5.97 Å². The quantitative estimate of drug-likeness (QED) is 0.666. The van der Waals surface area contributed by atoms with Crippen LogP contribution in [0.2, 0.25) is 0 Å². The van der Waals surface area contributed by atoms with Crippen LogP contribution in [0.15, 0.2) is 0 Å². The maximum atomic E-state index is 9.94. The third kappa shape index (κ3) is 8.08. The third-order valence-electron chi connectivity index (χ3n) is 0.832. The number of carbonyl (C=O) groups is 1. The van der Waals surface area contributed by atoms with Gasteiger partial charge in [0.2, 0.25) is 0 Å². The van der Waals surface area contributed by atoms with Gasteiger partial charge in [0.1, 0.15) is 6.04 Å². The van der Waals surface area contributed by atoms with Crippen LogP contribution >= 0.6 is 0 Å². The van der Waals surface area contributed by atoms with Crippen molar-refractivity contribution in [3.63, 3.8) is 0 Å². The molecule has 5 N–H and O–H groups in total. The van der Waals surface area contributed by atoms with Gasteiger partial charge in [-0.1, -0.05) is 6.42 Å². The molecule has 0 radical (unpaired) electrons. The molecule has 0 aromatic heterocycles. The van der Waals surface area contributed by atoms with Gasteiger partial charge in [0.15, 0.2) is 0 Å². The molecule has 0 spiro atoms. The van der Waals surface area contributed by atoms with E-state index < -0.39 is 12.0 Å². The number of hydrogen-bond acceptors (Lipinski definition) is 2. The Bertz CT molecular complexity index is 89.0. The summed E-state index contributed by atoms with van der Waals surface area (Å²) >= 11 is 0. The molecule has 0 fully saturated rings. The van der Waals surface area contributed by atoms with Crippen molar-refractivity contribution in [2.75, 3.05) is 0 Å². The third-order valence-corrected chi connectivity index (χ3v) is 0.832. The van der Waals surface area contributed by atoms with Crippen molar-refractivity contribution in [2.45, 2.75) is 18.9 Å². The van der Waals surface area contributed by atoms with E-state index in [1.54, 1.807) is 0 Å². The zero-order chi connectivity index (χ0) is 6.57. The van der Waals surface area contributed by atoms with Gasteiger partial charge in [-0.15, -0.1) is 0 Å². The summed E-state index contributed by atoms with van der Waals surface area (Å²) in [4.78, 5) is 9.94. The van der Waals surface area contributed by atoms with E-state index in [4.69, 9.17) is 10.8 Å². The molecule has 0 rings (SSSR count). The van der Waals surface area contributed by atoms with Gasteiger partial charge in [0, 0.05) is 21.1 Å². The van der Waals surface area contributed by atoms with Gasteiger partial charge in [-0.25, -0.2) is 0 Å². The Labute approximate surface area is 74.4 Å². The van der Waals surface area contributed by atoms with Gasteiger partial charge in [-0.05, 0) is 0 Å². The molecule has 4 nitrogen and oxygen atoms in total. The van der Waals surface area contributed by atoms with Crippen LogP contribution < -0.4 is 5.73 Å². The number of carboxylic acid groups (broad SMARTS) is 1. The van der Waals surface area contributed by atoms with Crippen LogP contribution in [0.3, 0.4) is 0 Å². The molecule has 10 heavy (non-hydrogen) atoms. The summed E-state index contributed by atoms with van der Waals surface area (Å²) in [6.45, 7) is 3.46. The summed E-state index contributed by atoms with van der Waals surface area (Å²) in [6, 6.07) is -0.729. The molecule has 0 aliphatic carbocycles. The van der Waals surface area contributed by atoms with E-state index in [-0.39, 0.29) is 26.5 Å². The van der Waals surface area contributed by atoms with Crippen LogP contribution in [-0.4, -0.2) is 22.6 Å². The fourth-order valence-corrected chi connectivity index (χ4v) is 0.343. The summed E-state index contributed by atoms with van der Waals surface area (Å²) in [6.07, 6.45) is 1.03. The van der Waals surface area contributed by atoms with E-state index in [2.05, 4.69) is 6.92 Å². The number of rotatable bonds is 3. The second-order valence-electron chi connectivity index (χ2n) is 1.59. The van der Waals surface area contributed by atoms with E-state index in [0.29, 0.717) is 12.8 Å². The van der Waals surface area contributed by atoms with Crippen molar-refractivity contribution in [3.8, 4) is 0 Å². The Morgan fingerprint density at radius 3 is 2.20 bits per heavy atom. The summed E-state index contributed by atoms with van der Waals surface area (Å²) in [7, 11) is 0. The van der Waals surface area contributed by atoms with Crippen LogP contribution in [0.5, 0.6) is 0 Å². The molecule has 5 heteroatoms. The summed E-state index contributed by atoms with van der Waals surface area (Å²) in [5, 5.41) is 8.16. The van der Waals surface area contributed by atoms with Gasteiger partial charge in [-0.3, -0.25) is 4.79 Å². The Kier molecular flexibility index (Phi) is 15.1. The molecule has 0 aromatic carbocycles. The molecule has 0 bridgehead atoms. The Morgan fingerprint density at radius 1 is 1.70 bits per heavy atom. The van der Waals surface area contributed by atoms with Crippen molar-refractivity contribution in [1.29, 1.82) is 0 Å². The normalized spacial score (nSPS) is 10.6. The Morgan fingerprint density at radius 2 is 2.10 bits per heavy atom. The minimum Gasteiger partial charge on any atom is -0.480 e. The van der Waals surface area contributed by atoms with E-state index >= 15 is 0 Å². The van der Waals surface area contributed by atoms with Crippen LogP contribution in [-0.2, 0) is 25.9 Å². The molecule has 0 saturated heterocycles. The number of carboxylic acids is 1. The Balaban J connectivity index is -0.000000245. The zero-order valence-corrected chi connectivity index (χ0v) is 8.47. The standard InChI is InChI=1S/C5H10NO2.H2O.W/c1-2-3-4(6)5(7)8;;/h4H,1-3,6H2,(H,7,8);1H2;/q-1;;. The topological polar surface area (TPSA) is 94.8 Å². The van der Waals surface area contributed by atoms with Crippen LogP contribution in [0, 0.1) is 6.92 Å². The summed E-state index contributed by atoms with van der Waals surface area (Å²) in [5.74, 6) is -0.950. The van der Waals surface area contributed by atoms with Crippen LogP contribution in [0.4, 0.5) is 0 Å². The van der Waals surface area contributed by atoms with E-state index in [1.165, 1.54) is 0 Å². The largest absolute Gasteiger partial charge is 0.480 e. The minimum absolute atomic E-state index is 0. The molecular formula is C5H12NO3W-. The molecule has 0 aliphatic rings. The fraction of sp³-hybridized carbons (Fsp3) is 0.600. The average Bonchev–Trinajstić information content (AvgIpc) is 1.67. The number of nitrogens with two attached hydrogens (primary N) is 1. The predicted octanol–water partition coefficient (Wildman–Crippen LogP) is -0.815. The Hall–Kier alpha value is 0.0783. The maximum absolute atomic E-state index is 9.94. The van der Waals surface area contributed by atoms with Gasteiger partial charge in [0.25, 0.3) is 0 Å². The first-order chi connectivity index (χ1) is 3.68. The van der Waals surface area contributed by atoms with E-state index in [1.807, 2.05) is 0 Å². The molecular weight excluding hydrogens is 306 g/mol. The number of aliphatic carboxylic acids is 1. The van der Waals surface area contributed by atoms with Gasteiger partial charge < -0.3 is 23.2 Å². The van der Waals surface area contributed by atoms with E-state index in [0.717, 1.165) is 0 Å². The van der Waals surface area contributed by atoms with Gasteiger partial charge in [0.05, 0.1) is 0 Å². The molecule has 0 amide bonds. The average molecular weight is 318 g/mol. The zero-order valence-electron chi connectivity index (χ0n) is 5.54. The SMILES string of the molecule is O.[CH2-]CCC(N)C(=O)O.[W]. The van der Waals surface area contributed by atoms with Crippen molar-refractivity contribution >= 4 is 5.97 Å². The van der Waals surface area contributed by atoms with Crippen LogP contribution in [0.1, 0.15) is 12.8 Å². The van der Waals surface area contributed by atoms with Crippen molar-refractivity contribution in [1.82, 2.24) is 0 Å². The smallest absolute Gasteiger partial charge is 0.320 e. The van der Waals surface area contributed by atoms with Crippen molar-refractivity contribution in [2.24, 2.45) is 5.73 Å². The summed E-state index contributed by atoms with van der Waals surface area (Å²) < 4.78 is 0. The molecule has 0 aromatic rings. The monoisotopic (exact) mass is 318 g/mol. The van der Waals surface area contributed by atoms with Crippen LogP contribution in [0.25, 0.3) is 0 Å². The molecule has 0 aliphatic heterocycles. The second-order valence-corrected chi connectivity index (χ2v) is 1.59. The van der Waals surface area contributed by atoms with E-state index in [9.17, 15) is 4.79 Å². The van der Waals surface area contributed by atoms with Gasteiger partial charge in [-0.2, -0.15) is 6.42 Å². The summed E-state index contributed by atoms with van der Waals surface area (Å²) in [5.41, 5.74) is 5.09. The first-order valence-electron chi connectivity index (χ1n) is 2.46. The molecule has 0 saturated carbocycles. The molecule has 0 heterocycles. The number of hydrogen-bond donors (Lipinski definition) is 2. The minimum atomic E-state index is -0.950. The molecule has 1 unspecified atom stereocenters. The molecule has 1 atom stereocenters. The second kappa shape index (κ2) is 9.08. The predicted molar refractivity (Wildman–Crippen MR) is 33.8 cm³/mol. The van der Waals surface area contributed by atoms with Crippen molar-refractivity contribution < 1.29 is 36.4 Å². The first kappa shape index (κ1) is 16.6. The first-order valence-corrected chi connectivity index (χ1v) is 2.46. The molecule has 62 valence electrons.